The highest BCUT2D eigenvalue weighted by atomic mass is 16.6. The topological polar surface area (TPSA) is 98.9 Å². The molecule has 0 amide bonds. The van der Waals surface area contributed by atoms with E-state index in [1.165, 1.54) is 12.1 Å². The van der Waals surface area contributed by atoms with Crippen molar-refractivity contribution in [3.8, 4) is 0 Å². The number of nitrogens with zero attached hydrogens (tertiary/aromatic N) is 1. The zero-order chi connectivity index (χ0) is 14.3. The molecule has 0 aliphatic heterocycles. The molecule has 104 valence electrons. The monoisotopic (exact) mass is 269 g/mol. The summed E-state index contributed by atoms with van der Waals surface area (Å²) in [6, 6.07) is 4.09. The number of aromatic carboxylic acids is 1. The predicted octanol–water partition coefficient (Wildman–Crippen LogP) is 1.85. The number of hydrogen-bond acceptors (Lipinski definition) is 5. The minimum absolute atomic E-state index is 0.00358. The van der Waals surface area contributed by atoms with Crippen LogP contribution in [0.5, 0.6) is 0 Å². The Kier molecular flexibility index (Phi) is 5.91. The summed E-state index contributed by atoms with van der Waals surface area (Å²) < 4.78 is 10.3. The number of carbonyl (C=O) groups is 1. The maximum Gasteiger partial charge on any atom is 0.343 e. The second-order valence-corrected chi connectivity index (χ2v) is 3.62. The third-order valence-corrected chi connectivity index (χ3v) is 2.37. The normalized spacial score (nSPS) is 10.4. The van der Waals surface area contributed by atoms with Crippen LogP contribution >= 0.6 is 0 Å². The van der Waals surface area contributed by atoms with Crippen molar-refractivity contribution < 1.29 is 24.3 Å². The summed E-state index contributed by atoms with van der Waals surface area (Å²) in [4.78, 5) is 21.2. The molecule has 0 aliphatic rings. The highest BCUT2D eigenvalue weighted by molar-refractivity contribution is 5.94. The van der Waals surface area contributed by atoms with Gasteiger partial charge in [-0.1, -0.05) is 12.1 Å². The largest absolute Gasteiger partial charge is 0.477 e. The number of rotatable bonds is 8. The van der Waals surface area contributed by atoms with Gasteiger partial charge in [-0.05, 0) is 12.5 Å². The smallest absolute Gasteiger partial charge is 0.343 e. The minimum atomic E-state index is -1.34. The maximum absolute atomic E-state index is 11.1. The molecule has 7 heteroatoms. The van der Waals surface area contributed by atoms with E-state index in [0.717, 1.165) is 6.07 Å². The van der Waals surface area contributed by atoms with E-state index >= 15 is 0 Å². The van der Waals surface area contributed by atoms with Crippen LogP contribution in [-0.4, -0.2) is 35.8 Å². The zero-order valence-electron chi connectivity index (χ0n) is 10.5. The number of nitro benzene ring substituents is 1. The molecule has 19 heavy (non-hydrogen) atoms. The van der Waals surface area contributed by atoms with Crippen LogP contribution in [-0.2, 0) is 16.1 Å². The van der Waals surface area contributed by atoms with Gasteiger partial charge >= 0.3 is 5.97 Å². The lowest BCUT2D eigenvalue weighted by atomic mass is 10.1. The van der Waals surface area contributed by atoms with E-state index < -0.39 is 16.6 Å². The van der Waals surface area contributed by atoms with Gasteiger partial charge in [-0.25, -0.2) is 4.79 Å². The number of ether oxygens (including phenoxy) is 2. The SMILES string of the molecule is CCOCCOCc1cccc([N+](=O)[O-])c1C(=O)O. The van der Waals surface area contributed by atoms with Crippen LogP contribution in [0.2, 0.25) is 0 Å². The Morgan fingerprint density at radius 1 is 1.37 bits per heavy atom. The zero-order valence-corrected chi connectivity index (χ0v) is 10.5. The van der Waals surface area contributed by atoms with Crippen molar-refractivity contribution in [3.05, 3.63) is 39.4 Å². The molecular formula is C12H15NO6. The van der Waals surface area contributed by atoms with Crippen molar-refractivity contribution in [1.82, 2.24) is 0 Å². The van der Waals surface area contributed by atoms with E-state index in [0.29, 0.717) is 19.8 Å². The fraction of sp³-hybridized carbons (Fsp3) is 0.417. The summed E-state index contributed by atoms with van der Waals surface area (Å²) in [5.41, 5.74) is -0.486. The molecule has 0 aliphatic carbocycles. The molecule has 0 bridgehead atoms. The quantitative estimate of drug-likeness (QED) is 0.439. The fourth-order valence-corrected chi connectivity index (χ4v) is 1.55. The molecule has 0 saturated carbocycles. The maximum atomic E-state index is 11.1. The van der Waals surface area contributed by atoms with Gasteiger partial charge in [-0.2, -0.15) is 0 Å². The van der Waals surface area contributed by atoms with Crippen LogP contribution in [0.4, 0.5) is 5.69 Å². The van der Waals surface area contributed by atoms with Gasteiger partial charge in [-0.15, -0.1) is 0 Å². The van der Waals surface area contributed by atoms with E-state index in [4.69, 9.17) is 14.6 Å². The Labute approximate surface area is 109 Å². The summed E-state index contributed by atoms with van der Waals surface area (Å²) in [6.07, 6.45) is 0. The minimum Gasteiger partial charge on any atom is -0.477 e. The lowest BCUT2D eigenvalue weighted by molar-refractivity contribution is -0.385. The van der Waals surface area contributed by atoms with Crippen LogP contribution < -0.4 is 0 Å². The first kappa shape index (κ1) is 15.1. The van der Waals surface area contributed by atoms with Gasteiger partial charge in [0.1, 0.15) is 5.56 Å². The van der Waals surface area contributed by atoms with Gasteiger partial charge in [0.15, 0.2) is 0 Å². The number of carboxylic acid groups (broad SMARTS) is 1. The summed E-state index contributed by atoms with van der Waals surface area (Å²) in [5.74, 6) is -1.34. The molecule has 1 N–H and O–H groups in total. The molecular weight excluding hydrogens is 254 g/mol. The van der Waals surface area contributed by atoms with E-state index in [-0.39, 0.29) is 17.7 Å². The second kappa shape index (κ2) is 7.45. The van der Waals surface area contributed by atoms with Crippen molar-refractivity contribution in [3.63, 3.8) is 0 Å². The molecule has 7 nitrogen and oxygen atoms in total. The molecule has 1 aromatic rings. The molecule has 0 fully saturated rings. The third-order valence-electron chi connectivity index (χ3n) is 2.37. The van der Waals surface area contributed by atoms with E-state index in [1.807, 2.05) is 6.92 Å². The number of nitro groups is 1. The average molecular weight is 269 g/mol. The van der Waals surface area contributed by atoms with Crippen LogP contribution in [0.1, 0.15) is 22.8 Å². The van der Waals surface area contributed by atoms with Gasteiger partial charge in [0.2, 0.25) is 0 Å². The van der Waals surface area contributed by atoms with Crippen molar-refractivity contribution >= 4 is 11.7 Å². The molecule has 0 heterocycles. The summed E-state index contributed by atoms with van der Waals surface area (Å²) >= 11 is 0. The highest BCUT2D eigenvalue weighted by Gasteiger charge is 2.23. The van der Waals surface area contributed by atoms with E-state index in [2.05, 4.69) is 0 Å². The van der Waals surface area contributed by atoms with Crippen LogP contribution in [0.3, 0.4) is 0 Å². The van der Waals surface area contributed by atoms with Gasteiger partial charge in [0.05, 0.1) is 24.7 Å². The van der Waals surface area contributed by atoms with E-state index in [1.54, 1.807) is 0 Å². The predicted molar refractivity (Wildman–Crippen MR) is 66.2 cm³/mol. The molecule has 0 saturated heterocycles. The Morgan fingerprint density at radius 3 is 2.63 bits per heavy atom. The average Bonchev–Trinajstić information content (AvgIpc) is 2.37. The van der Waals surface area contributed by atoms with Crippen LogP contribution in [0.25, 0.3) is 0 Å². The van der Waals surface area contributed by atoms with Crippen molar-refractivity contribution in [2.45, 2.75) is 13.5 Å². The summed E-state index contributed by atoms with van der Waals surface area (Å²) in [7, 11) is 0. The Hall–Kier alpha value is -1.99. The van der Waals surface area contributed by atoms with Gasteiger partial charge in [0.25, 0.3) is 5.69 Å². The standard InChI is InChI=1S/C12H15NO6/c1-2-18-6-7-19-8-9-4-3-5-10(13(16)17)11(9)12(14)15/h3-5H,2,6-8H2,1H3,(H,14,15). The molecule has 0 unspecified atom stereocenters. The Balaban J connectivity index is 2.80. The van der Waals surface area contributed by atoms with Crippen molar-refractivity contribution in [1.29, 1.82) is 0 Å². The highest BCUT2D eigenvalue weighted by Crippen LogP contribution is 2.22. The lowest BCUT2D eigenvalue weighted by Gasteiger charge is -2.07. The summed E-state index contributed by atoms with van der Waals surface area (Å²) in [6.45, 7) is 3.11. The fourth-order valence-electron chi connectivity index (χ4n) is 1.55. The van der Waals surface area contributed by atoms with Crippen molar-refractivity contribution in [2.75, 3.05) is 19.8 Å². The molecule has 1 rings (SSSR count). The Morgan fingerprint density at radius 2 is 2.05 bits per heavy atom. The number of hydrogen-bond donors (Lipinski definition) is 1. The van der Waals surface area contributed by atoms with Gasteiger partial charge < -0.3 is 14.6 Å². The van der Waals surface area contributed by atoms with Crippen LogP contribution in [0, 0.1) is 10.1 Å². The first-order chi connectivity index (χ1) is 9.07. The van der Waals surface area contributed by atoms with Crippen LogP contribution in [0.15, 0.2) is 18.2 Å². The lowest BCUT2D eigenvalue weighted by Crippen LogP contribution is -2.10. The number of carboxylic acids is 1. The molecule has 0 spiro atoms. The molecule has 0 aromatic heterocycles. The first-order valence-corrected chi connectivity index (χ1v) is 5.73. The molecule has 0 atom stereocenters. The van der Waals surface area contributed by atoms with Gasteiger partial charge in [0, 0.05) is 12.7 Å². The van der Waals surface area contributed by atoms with E-state index in [9.17, 15) is 14.9 Å². The molecule has 0 radical (unpaired) electrons. The Bertz CT molecular complexity index is 460. The third kappa shape index (κ3) is 4.31. The van der Waals surface area contributed by atoms with Crippen molar-refractivity contribution in [2.24, 2.45) is 0 Å². The number of benzene rings is 1. The first-order valence-electron chi connectivity index (χ1n) is 5.73. The van der Waals surface area contributed by atoms with Gasteiger partial charge in [-0.3, -0.25) is 10.1 Å². The second-order valence-electron chi connectivity index (χ2n) is 3.62. The summed E-state index contributed by atoms with van der Waals surface area (Å²) in [5, 5.41) is 19.8. The molecule has 1 aromatic carbocycles.